The van der Waals surface area contributed by atoms with Gasteiger partial charge in [0, 0.05) is 34.9 Å². The average molecular weight is 393 g/mol. The molecular formula is C20H18F3NO2S. The predicted octanol–water partition coefficient (Wildman–Crippen LogP) is 5.16. The Labute approximate surface area is 158 Å². The minimum absolute atomic E-state index is 0.165. The lowest BCUT2D eigenvalue weighted by molar-refractivity contribution is -0.137. The number of hydrogen-bond acceptors (Lipinski definition) is 3. The van der Waals surface area contributed by atoms with Gasteiger partial charge in [0.25, 0.3) is 0 Å². The van der Waals surface area contributed by atoms with Crippen molar-refractivity contribution < 1.29 is 22.7 Å². The van der Waals surface area contributed by atoms with Gasteiger partial charge in [-0.3, -0.25) is 4.79 Å². The molecule has 2 aromatic carbocycles. The van der Waals surface area contributed by atoms with Crippen molar-refractivity contribution in [3.8, 4) is 5.75 Å². The maximum absolute atomic E-state index is 13.0. The van der Waals surface area contributed by atoms with Crippen molar-refractivity contribution in [3.63, 3.8) is 0 Å². The monoisotopic (exact) mass is 393 g/mol. The quantitative estimate of drug-likeness (QED) is 0.651. The topological polar surface area (TPSA) is 38.3 Å². The molecule has 1 amide bonds. The molecule has 3 rings (SSSR count). The van der Waals surface area contributed by atoms with Crippen LogP contribution in [0.25, 0.3) is 10.1 Å². The second-order valence-electron chi connectivity index (χ2n) is 6.15. The van der Waals surface area contributed by atoms with E-state index in [9.17, 15) is 18.0 Å². The molecule has 0 saturated heterocycles. The molecule has 0 aliphatic carbocycles. The number of fused-ring (bicyclic) bond motifs is 1. The number of rotatable bonds is 5. The highest BCUT2D eigenvalue weighted by atomic mass is 32.1. The van der Waals surface area contributed by atoms with E-state index >= 15 is 0 Å². The molecule has 0 aliphatic rings. The van der Waals surface area contributed by atoms with Crippen LogP contribution in [0.15, 0.2) is 42.5 Å². The number of ether oxygens (including phenoxy) is 1. The molecule has 1 N–H and O–H groups in total. The Kier molecular flexibility index (Phi) is 5.41. The number of carbonyl (C=O) groups excluding carboxylic acids is 1. The van der Waals surface area contributed by atoms with Crippen molar-refractivity contribution in [1.82, 2.24) is 5.32 Å². The number of alkyl halides is 3. The molecule has 1 aromatic heterocycles. The molecule has 7 heteroatoms. The molecule has 1 heterocycles. The summed E-state index contributed by atoms with van der Waals surface area (Å²) in [6.07, 6.45) is -4.01. The van der Waals surface area contributed by atoms with E-state index in [1.54, 1.807) is 13.2 Å². The molecule has 0 fully saturated rings. The van der Waals surface area contributed by atoms with E-state index in [-0.39, 0.29) is 5.91 Å². The summed E-state index contributed by atoms with van der Waals surface area (Å²) in [7, 11) is 1.57. The summed E-state index contributed by atoms with van der Waals surface area (Å²) in [5.74, 6) is 0.525. The lowest BCUT2D eigenvalue weighted by atomic mass is 10.0. The minimum atomic E-state index is -4.37. The fourth-order valence-corrected chi connectivity index (χ4v) is 4.14. The van der Waals surface area contributed by atoms with Crippen LogP contribution in [0.4, 0.5) is 13.2 Å². The molecule has 142 valence electrons. The highest BCUT2D eigenvalue weighted by molar-refractivity contribution is 7.19. The van der Waals surface area contributed by atoms with Gasteiger partial charge in [-0.1, -0.05) is 18.2 Å². The zero-order valence-corrected chi connectivity index (χ0v) is 15.6. The second-order valence-corrected chi connectivity index (χ2v) is 7.29. The van der Waals surface area contributed by atoms with E-state index in [0.29, 0.717) is 24.3 Å². The Balaban J connectivity index is 2.02. The van der Waals surface area contributed by atoms with Gasteiger partial charge in [-0.2, -0.15) is 13.2 Å². The van der Waals surface area contributed by atoms with Crippen molar-refractivity contribution in [1.29, 1.82) is 0 Å². The third kappa shape index (κ3) is 4.42. The van der Waals surface area contributed by atoms with Gasteiger partial charge in [-0.05, 0) is 35.4 Å². The summed E-state index contributed by atoms with van der Waals surface area (Å²) in [6, 6.07) is 11.0. The van der Waals surface area contributed by atoms with Crippen molar-refractivity contribution in [2.75, 3.05) is 7.11 Å². The maximum Gasteiger partial charge on any atom is 0.416 e. The Morgan fingerprint density at radius 1 is 1.19 bits per heavy atom. The molecule has 0 bridgehead atoms. The maximum atomic E-state index is 13.0. The molecular weight excluding hydrogens is 375 g/mol. The number of methoxy groups -OCH3 is 1. The van der Waals surface area contributed by atoms with Crippen LogP contribution >= 0.6 is 11.3 Å². The van der Waals surface area contributed by atoms with E-state index in [2.05, 4.69) is 5.32 Å². The Hall–Kier alpha value is -2.54. The van der Waals surface area contributed by atoms with Crippen molar-refractivity contribution in [3.05, 3.63) is 64.0 Å². The van der Waals surface area contributed by atoms with Gasteiger partial charge in [-0.25, -0.2) is 0 Å². The number of carbonyl (C=O) groups is 1. The number of halogens is 3. The van der Waals surface area contributed by atoms with E-state index in [1.165, 1.54) is 30.4 Å². The Morgan fingerprint density at radius 2 is 1.96 bits per heavy atom. The van der Waals surface area contributed by atoms with Gasteiger partial charge in [-0.15, -0.1) is 11.3 Å². The molecule has 27 heavy (non-hydrogen) atoms. The zero-order valence-electron chi connectivity index (χ0n) is 14.8. The summed E-state index contributed by atoms with van der Waals surface area (Å²) in [5.41, 5.74) is 0.820. The van der Waals surface area contributed by atoms with Crippen LogP contribution in [-0.2, 0) is 23.9 Å². The van der Waals surface area contributed by atoms with Gasteiger partial charge in [0.1, 0.15) is 5.75 Å². The van der Waals surface area contributed by atoms with Gasteiger partial charge in [0.2, 0.25) is 5.91 Å². The molecule has 3 aromatic rings. The van der Waals surface area contributed by atoms with Crippen molar-refractivity contribution in [2.24, 2.45) is 0 Å². The number of hydrogen-bond donors (Lipinski definition) is 1. The summed E-state index contributed by atoms with van der Waals surface area (Å²) in [4.78, 5) is 12.3. The third-order valence-corrected chi connectivity index (χ3v) is 5.43. The summed E-state index contributed by atoms with van der Waals surface area (Å²) in [6.45, 7) is 1.75. The minimum Gasteiger partial charge on any atom is -0.497 e. The van der Waals surface area contributed by atoms with Gasteiger partial charge in [0.15, 0.2) is 0 Å². The molecule has 0 radical (unpaired) electrons. The summed E-state index contributed by atoms with van der Waals surface area (Å²) in [5, 5.41) is 3.73. The van der Waals surface area contributed by atoms with Crippen LogP contribution in [0.2, 0.25) is 0 Å². The third-order valence-electron chi connectivity index (χ3n) is 4.21. The zero-order chi connectivity index (χ0) is 19.6. The Bertz CT molecular complexity index is 979. The normalized spacial score (nSPS) is 11.6. The highest BCUT2D eigenvalue weighted by Crippen LogP contribution is 2.36. The largest absolute Gasteiger partial charge is 0.497 e. The lowest BCUT2D eigenvalue weighted by Crippen LogP contribution is -2.19. The number of nitrogens with one attached hydrogen (secondary N) is 1. The van der Waals surface area contributed by atoms with Crippen LogP contribution in [0.5, 0.6) is 5.75 Å². The van der Waals surface area contributed by atoms with Crippen LogP contribution in [0.1, 0.15) is 28.5 Å². The standard InChI is InChI=1S/C20H18F3NO2S/c1-12(25)24-11-17-16-10-15(26-2)6-7-18(16)27-19(17)9-13-4-3-5-14(8-13)20(21,22)23/h3-8,10H,9,11H2,1-2H3,(H,24,25). The predicted molar refractivity (Wildman–Crippen MR) is 100 cm³/mol. The fraction of sp³-hybridized carbons (Fsp3) is 0.250. The van der Waals surface area contributed by atoms with Gasteiger partial charge >= 0.3 is 6.18 Å². The Morgan fingerprint density at radius 3 is 2.63 bits per heavy atom. The number of benzene rings is 2. The number of amides is 1. The van der Waals surface area contributed by atoms with E-state index in [4.69, 9.17) is 4.74 Å². The molecule has 0 spiro atoms. The molecule has 0 aliphatic heterocycles. The molecule has 0 unspecified atom stereocenters. The first-order valence-corrected chi connectivity index (χ1v) is 9.08. The van der Waals surface area contributed by atoms with E-state index in [0.717, 1.165) is 26.6 Å². The first-order valence-electron chi connectivity index (χ1n) is 8.27. The lowest BCUT2D eigenvalue weighted by Gasteiger charge is -2.10. The second kappa shape index (κ2) is 7.60. The van der Waals surface area contributed by atoms with Gasteiger partial charge in [0.05, 0.1) is 12.7 Å². The molecule has 0 atom stereocenters. The van der Waals surface area contributed by atoms with Crippen LogP contribution in [0.3, 0.4) is 0 Å². The van der Waals surface area contributed by atoms with Crippen LogP contribution in [-0.4, -0.2) is 13.0 Å². The SMILES string of the molecule is COc1ccc2sc(Cc3cccc(C(F)(F)F)c3)c(CNC(C)=O)c2c1. The number of thiophene rings is 1. The van der Waals surface area contributed by atoms with Crippen LogP contribution in [0, 0.1) is 0 Å². The van der Waals surface area contributed by atoms with Crippen molar-refractivity contribution >= 4 is 27.3 Å². The first-order chi connectivity index (χ1) is 12.8. The average Bonchev–Trinajstić information content (AvgIpc) is 2.95. The first kappa shape index (κ1) is 19.2. The van der Waals surface area contributed by atoms with E-state index < -0.39 is 11.7 Å². The smallest absolute Gasteiger partial charge is 0.416 e. The van der Waals surface area contributed by atoms with Crippen molar-refractivity contribution in [2.45, 2.75) is 26.1 Å². The highest BCUT2D eigenvalue weighted by Gasteiger charge is 2.30. The summed E-state index contributed by atoms with van der Waals surface area (Å²) < 4.78 is 45.2. The van der Waals surface area contributed by atoms with Gasteiger partial charge < -0.3 is 10.1 Å². The molecule has 0 saturated carbocycles. The van der Waals surface area contributed by atoms with Crippen LogP contribution < -0.4 is 10.1 Å². The summed E-state index contributed by atoms with van der Waals surface area (Å²) >= 11 is 1.51. The molecule has 3 nitrogen and oxygen atoms in total. The fourth-order valence-electron chi connectivity index (χ4n) is 2.90. The van der Waals surface area contributed by atoms with E-state index in [1.807, 2.05) is 18.2 Å².